The standard InChI is InChI=1S/C13H19NO2.C2H4O/c1-15-11-5-3-10(4-6-11)9-12-13(16-2)7-8-14-12;1-2-3/h3-6,12-14H,7-9H2,1-2H3;2H,1H3/t12-,13-;/m1./s1. The average Bonchev–Trinajstić information content (AvgIpc) is 2.88. The van der Waals surface area contributed by atoms with E-state index in [1.165, 1.54) is 12.5 Å². The summed E-state index contributed by atoms with van der Waals surface area (Å²) in [5.41, 5.74) is 1.32. The first kappa shape index (κ1) is 15.7. The minimum Gasteiger partial charge on any atom is -0.497 e. The van der Waals surface area contributed by atoms with Crippen LogP contribution in [0, 0.1) is 0 Å². The second-order valence-electron chi connectivity index (χ2n) is 4.41. The molecule has 1 aliphatic heterocycles. The van der Waals surface area contributed by atoms with Crippen LogP contribution in [0.2, 0.25) is 0 Å². The third-order valence-electron chi connectivity index (χ3n) is 3.20. The maximum atomic E-state index is 8.81. The van der Waals surface area contributed by atoms with Crippen molar-refractivity contribution in [1.29, 1.82) is 0 Å². The molecule has 19 heavy (non-hydrogen) atoms. The molecule has 0 aromatic heterocycles. The van der Waals surface area contributed by atoms with Gasteiger partial charge in [0.15, 0.2) is 0 Å². The Bertz CT molecular complexity index is 364. The number of carbonyl (C=O) groups is 1. The van der Waals surface area contributed by atoms with Gasteiger partial charge in [-0.05, 0) is 44.0 Å². The molecule has 1 saturated heterocycles. The van der Waals surface area contributed by atoms with E-state index in [2.05, 4.69) is 17.4 Å². The van der Waals surface area contributed by atoms with Crippen LogP contribution in [0.4, 0.5) is 0 Å². The van der Waals surface area contributed by atoms with Gasteiger partial charge in [-0.15, -0.1) is 0 Å². The van der Waals surface area contributed by atoms with Crippen LogP contribution in [0.1, 0.15) is 18.9 Å². The Balaban J connectivity index is 0.000000550. The molecule has 1 N–H and O–H groups in total. The summed E-state index contributed by atoms with van der Waals surface area (Å²) in [4.78, 5) is 8.81. The molecular weight excluding hydrogens is 242 g/mol. The van der Waals surface area contributed by atoms with Crippen molar-refractivity contribution in [2.45, 2.75) is 31.9 Å². The summed E-state index contributed by atoms with van der Waals surface area (Å²) in [6, 6.07) is 8.69. The van der Waals surface area contributed by atoms with Gasteiger partial charge in [0.2, 0.25) is 0 Å². The zero-order chi connectivity index (χ0) is 14.1. The summed E-state index contributed by atoms with van der Waals surface area (Å²) in [6.45, 7) is 2.50. The lowest BCUT2D eigenvalue weighted by molar-refractivity contribution is -0.106. The molecule has 0 saturated carbocycles. The van der Waals surface area contributed by atoms with Crippen LogP contribution >= 0.6 is 0 Å². The largest absolute Gasteiger partial charge is 0.497 e. The number of methoxy groups -OCH3 is 2. The van der Waals surface area contributed by atoms with Crippen LogP contribution in [0.25, 0.3) is 0 Å². The van der Waals surface area contributed by atoms with E-state index in [1.54, 1.807) is 14.2 Å². The van der Waals surface area contributed by atoms with Crippen molar-refractivity contribution < 1.29 is 14.3 Å². The van der Waals surface area contributed by atoms with Gasteiger partial charge in [-0.2, -0.15) is 0 Å². The Kier molecular flexibility index (Phi) is 7.15. The minimum absolute atomic E-state index is 0.349. The highest BCUT2D eigenvalue weighted by Gasteiger charge is 2.26. The van der Waals surface area contributed by atoms with Crippen molar-refractivity contribution >= 4 is 6.29 Å². The fraction of sp³-hybridized carbons (Fsp3) is 0.533. The summed E-state index contributed by atoms with van der Waals surface area (Å²) >= 11 is 0. The molecule has 0 radical (unpaired) electrons. The topological polar surface area (TPSA) is 47.6 Å². The molecule has 0 bridgehead atoms. The first-order chi connectivity index (χ1) is 9.24. The maximum Gasteiger partial charge on any atom is 0.118 e. The Hall–Kier alpha value is -1.39. The highest BCUT2D eigenvalue weighted by atomic mass is 16.5. The normalized spacial score (nSPS) is 21.4. The second kappa shape index (κ2) is 8.67. The number of ether oxygens (including phenoxy) is 2. The van der Waals surface area contributed by atoms with Gasteiger partial charge in [-0.1, -0.05) is 12.1 Å². The van der Waals surface area contributed by atoms with Crippen molar-refractivity contribution in [2.24, 2.45) is 0 Å². The Morgan fingerprint density at radius 3 is 2.47 bits per heavy atom. The Morgan fingerprint density at radius 2 is 1.95 bits per heavy atom. The van der Waals surface area contributed by atoms with Crippen LogP contribution in [0.3, 0.4) is 0 Å². The molecule has 1 heterocycles. The van der Waals surface area contributed by atoms with Gasteiger partial charge in [0.05, 0.1) is 13.2 Å². The summed E-state index contributed by atoms with van der Waals surface area (Å²) in [7, 11) is 3.48. The predicted molar refractivity (Wildman–Crippen MR) is 75.6 cm³/mol. The molecule has 2 rings (SSSR count). The number of carbonyl (C=O) groups excluding carboxylic acids is 1. The zero-order valence-corrected chi connectivity index (χ0v) is 11.9. The first-order valence-electron chi connectivity index (χ1n) is 6.54. The molecule has 1 aliphatic rings. The third-order valence-corrected chi connectivity index (χ3v) is 3.20. The van der Waals surface area contributed by atoms with E-state index in [0.29, 0.717) is 12.1 Å². The minimum atomic E-state index is 0.349. The molecule has 2 atom stereocenters. The molecule has 0 spiro atoms. The lowest BCUT2D eigenvalue weighted by atomic mass is 10.0. The number of hydrogen-bond acceptors (Lipinski definition) is 4. The van der Waals surface area contributed by atoms with Gasteiger partial charge in [-0.25, -0.2) is 0 Å². The van der Waals surface area contributed by atoms with E-state index in [4.69, 9.17) is 14.3 Å². The third kappa shape index (κ3) is 5.01. The molecular formula is C15H23NO3. The number of aldehydes is 1. The molecule has 4 heteroatoms. The molecule has 0 amide bonds. The predicted octanol–water partition coefficient (Wildman–Crippen LogP) is 1.82. The van der Waals surface area contributed by atoms with Crippen LogP contribution in [0.15, 0.2) is 24.3 Å². The molecule has 4 nitrogen and oxygen atoms in total. The van der Waals surface area contributed by atoms with Crippen molar-refractivity contribution in [3.8, 4) is 5.75 Å². The molecule has 106 valence electrons. The van der Waals surface area contributed by atoms with Crippen LogP contribution in [-0.2, 0) is 16.0 Å². The monoisotopic (exact) mass is 265 g/mol. The van der Waals surface area contributed by atoms with Crippen molar-refractivity contribution in [2.75, 3.05) is 20.8 Å². The van der Waals surface area contributed by atoms with Gasteiger partial charge < -0.3 is 19.6 Å². The number of nitrogens with one attached hydrogen (secondary N) is 1. The molecule has 0 unspecified atom stereocenters. The summed E-state index contributed by atoms with van der Waals surface area (Å²) in [5.74, 6) is 0.909. The molecule has 1 aromatic carbocycles. The SMILES string of the molecule is CC=O.COc1ccc(C[C@H]2NCC[C@H]2OC)cc1. The summed E-state index contributed by atoms with van der Waals surface area (Å²) in [5, 5.41) is 3.48. The highest BCUT2D eigenvalue weighted by molar-refractivity contribution is 5.44. The van der Waals surface area contributed by atoms with Crippen molar-refractivity contribution in [1.82, 2.24) is 5.32 Å². The Morgan fingerprint density at radius 1 is 1.32 bits per heavy atom. The number of benzene rings is 1. The lowest BCUT2D eigenvalue weighted by Crippen LogP contribution is -2.33. The van der Waals surface area contributed by atoms with E-state index in [1.807, 2.05) is 12.1 Å². The Labute approximate surface area is 115 Å². The van der Waals surface area contributed by atoms with Gasteiger partial charge in [0.25, 0.3) is 0 Å². The number of rotatable bonds is 4. The van der Waals surface area contributed by atoms with E-state index >= 15 is 0 Å². The summed E-state index contributed by atoms with van der Waals surface area (Å²) < 4.78 is 10.6. The first-order valence-corrected chi connectivity index (χ1v) is 6.54. The van der Waals surface area contributed by atoms with Gasteiger partial charge in [-0.3, -0.25) is 0 Å². The van der Waals surface area contributed by atoms with Crippen molar-refractivity contribution in [3.05, 3.63) is 29.8 Å². The summed E-state index contributed by atoms with van der Waals surface area (Å²) in [6.07, 6.45) is 3.22. The zero-order valence-electron chi connectivity index (χ0n) is 11.9. The molecule has 1 aromatic rings. The molecule has 0 aliphatic carbocycles. The van der Waals surface area contributed by atoms with E-state index < -0.39 is 0 Å². The van der Waals surface area contributed by atoms with Crippen LogP contribution in [0.5, 0.6) is 5.75 Å². The lowest BCUT2D eigenvalue weighted by Gasteiger charge is -2.18. The van der Waals surface area contributed by atoms with Crippen molar-refractivity contribution in [3.63, 3.8) is 0 Å². The number of hydrogen-bond donors (Lipinski definition) is 1. The van der Waals surface area contributed by atoms with E-state index in [9.17, 15) is 0 Å². The van der Waals surface area contributed by atoms with Crippen LogP contribution < -0.4 is 10.1 Å². The fourth-order valence-electron chi connectivity index (χ4n) is 2.24. The van der Waals surface area contributed by atoms with Crippen LogP contribution in [-0.4, -0.2) is 39.2 Å². The van der Waals surface area contributed by atoms with Gasteiger partial charge in [0, 0.05) is 13.2 Å². The second-order valence-corrected chi connectivity index (χ2v) is 4.41. The average molecular weight is 265 g/mol. The fourth-order valence-corrected chi connectivity index (χ4v) is 2.24. The molecule has 1 fully saturated rings. The quantitative estimate of drug-likeness (QED) is 0.844. The van der Waals surface area contributed by atoms with Gasteiger partial charge >= 0.3 is 0 Å². The van der Waals surface area contributed by atoms with E-state index in [-0.39, 0.29) is 0 Å². The maximum absolute atomic E-state index is 8.81. The highest BCUT2D eigenvalue weighted by Crippen LogP contribution is 2.17. The van der Waals surface area contributed by atoms with Gasteiger partial charge in [0.1, 0.15) is 12.0 Å². The van der Waals surface area contributed by atoms with E-state index in [0.717, 1.165) is 31.4 Å². The smallest absolute Gasteiger partial charge is 0.118 e.